The quantitative estimate of drug-likeness (QED) is 0.848. The van der Waals surface area contributed by atoms with E-state index in [0.29, 0.717) is 11.6 Å². The summed E-state index contributed by atoms with van der Waals surface area (Å²) in [5.41, 5.74) is 3.01. The van der Waals surface area contributed by atoms with Crippen LogP contribution in [0.4, 0.5) is 5.69 Å². The molecule has 0 bridgehead atoms. The molecule has 0 aliphatic rings. The zero-order valence-corrected chi connectivity index (χ0v) is 11.3. The monoisotopic (exact) mass is 254 g/mol. The van der Waals surface area contributed by atoms with Crippen molar-refractivity contribution in [2.24, 2.45) is 0 Å². The molecule has 0 fully saturated rings. The summed E-state index contributed by atoms with van der Waals surface area (Å²) in [5, 5.41) is 6.54. The highest BCUT2D eigenvalue weighted by molar-refractivity contribution is 6.33. The number of carbonyl (C=O) groups excluding carboxylic acids is 1. The molecule has 1 aromatic carbocycles. The number of rotatable bonds is 5. The number of amides is 1. The Bertz CT molecular complexity index is 381. The minimum atomic E-state index is -0.0112. The van der Waals surface area contributed by atoms with E-state index in [2.05, 4.69) is 10.6 Å². The van der Waals surface area contributed by atoms with Crippen LogP contribution >= 0.6 is 11.6 Å². The van der Waals surface area contributed by atoms with Crippen molar-refractivity contribution < 1.29 is 4.79 Å². The van der Waals surface area contributed by atoms with E-state index in [4.69, 9.17) is 11.6 Å². The Morgan fingerprint density at radius 2 is 2.06 bits per heavy atom. The molecule has 0 radical (unpaired) electrons. The van der Waals surface area contributed by atoms with Gasteiger partial charge in [-0.05, 0) is 37.5 Å². The number of benzene rings is 1. The Kier molecular flexibility index (Phi) is 5.29. The highest BCUT2D eigenvalue weighted by Gasteiger charge is 2.06. The third kappa shape index (κ3) is 4.27. The van der Waals surface area contributed by atoms with Gasteiger partial charge in [0.05, 0.1) is 17.3 Å². The van der Waals surface area contributed by atoms with Crippen LogP contribution in [0.3, 0.4) is 0 Å². The van der Waals surface area contributed by atoms with E-state index in [-0.39, 0.29) is 12.5 Å². The van der Waals surface area contributed by atoms with E-state index in [9.17, 15) is 4.79 Å². The fraction of sp³-hybridized carbons (Fsp3) is 0.462. The first-order valence-corrected chi connectivity index (χ1v) is 6.19. The molecule has 1 amide bonds. The topological polar surface area (TPSA) is 41.1 Å². The Hall–Kier alpha value is -1.22. The van der Waals surface area contributed by atoms with Crippen molar-refractivity contribution >= 4 is 23.2 Å². The van der Waals surface area contributed by atoms with E-state index in [1.807, 2.05) is 32.9 Å². The van der Waals surface area contributed by atoms with E-state index < -0.39 is 0 Å². The van der Waals surface area contributed by atoms with Gasteiger partial charge in [-0.25, -0.2) is 0 Å². The van der Waals surface area contributed by atoms with Gasteiger partial charge in [0.15, 0.2) is 0 Å². The molecule has 0 spiro atoms. The van der Waals surface area contributed by atoms with Crippen molar-refractivity contribution in [3.63, 3.8) is 0 Å². The first-order chi connectivity index (χ1) is 8.04. The van der Waals surface area contributed by atoms with Gasteiger partial charge in [-0.2, -0.15) is 0 Å². The van der Waals surface area contributed by atoms with Crippen LogP contribution in [0.2, 0.25) is 5.02 Å². The molecule has 0 aromatic heterocycles. The van der Waals surface area contributed by atoms with Crippen molar-refractivity contribution in [2.75, 3.05) is 18.4 Å². The molecule has 0 aliphatic heterocycles. The van der Waals surface area contributed by atoms with E-state index in [0.717, 1.165) is 23.2 Å². The zero-order valence-electron chi connectivity index (χ0n) is 10.6. The standard InChI is InChI=1S/C13H19ClN2O/c1-4-5-15-12(17)8-16-13-10(3)6-9(2)7-11(13)14/h6-7,16H,4-5,8H2,1-3H3,(H,15,17). The Morgan fingerprint density at radius 1 is 1.35 bits per heavy atom. The molecule has 2 N–H and O–H groups in total. The van der Waals surface area contributed by atoms with Crippen molar-refractivity contribution in [3.05, 3.63) is 28.3 Å². The molecular formula is C13H19ClN2O. The zero-order chi connectivity index (χ0) is 12.8. The second-order valence-electron chi connectivity index (χ2n) is 4.14. The molecule has 1 rings (SSSR count). The summed E-state index contributed by atoms with van der Waals surface area (Å²) in [6.07, 6.45) is 0.941. The maximum atomic E-state index is 11.4. The molecule has 3 nitrogen and oxygen atoms in total. The summed E-state index contributed by atoms with van der Waals surface area (Å²) >= 11 is 6.13. The number of aryl methyl sites for hydroxylation is 2. The van der Waals surface area contributed by atoms with Crippen molar-refractivity contribution in [2.45, 2.75) is 27.2 Å². The van der Waals surface area contributed by atoms with Gasteiger partial charge in [0, 0.05) is 6.54 Å². The highest BCUT2D eigenvalue weighted by atomic mass is 35.5. The number of hydrogen-bond donors (Lipinski definition) is 2. The van der Waals surface area contributed by atoms with Gasteiger partial charge in [-0.3, -0.25) is 4.79 Å². The maximum Gasteiger partial charge on any atom is 0.239 e. The van der Waals surface area contributed by atoms with Crippen molar-refractivity contribution in [1.29, 1.82) is 0 Å². The summed E-state index contributed by atoms with van der Waals surface area (Å²) in [6.45, 7) is 6.96. The van der Waals surface area contributed by atoms with Crippen LogP contribution in [-0.4, -0.2) is 19.0 Å². The number of anilines is 1. The third-order valence-corrected chi connectivity index (χ3v) is 2.73. The number of halogens is 1. The number of hydrogen-bond acceptors (Lipinski definition) is 2. The first-order valence-electron chi connectivity index (χ1n) is 5.82. The molecule has 94 valence electrons. The van der Waals surface area contributed by atoms with Gasteiger partial charge in [0.1, 0.15) is 0 Å². The molecule has 0 heterocycles. The van der Waals surface area contributed by atoms with Gasteiger partial charge in [0.25, 0.3) is 0 Å². The van der Waals surface area contributed by atoms with E-state index >= 15 is 0 Å². The van der Waals surface area contributed by atoms with Crippen LogP contribution in [0.5, 0.6) is 0 Å². The highest BCUT2D eigenvalue weighted by Crippen LogP contribution is 2.26. The van der Waals surface area contributed by atoms with Gasteiger partial charge in [-0.1, -0.05) is 24.6 Å². The molecule has 0 unspecified atom stereocenters. The van der Waals surface area contributed by atoms with Crippen LogP contribution in [-0.2, 0) is 4.79 Å². The number of nitrogens with one attached hydrogen (secondary N) is 2. The molecule has 17 heavy (non-hydrogen) atoms. The van der Waals surface area contributed by atoms with E-state index in [1.165, 1.54) is 0 Å². The lowest BCUT2D eigenvalue weighted by Gasteiger charge is -2.12. The minimum Gasteiger partial charge on any atom is -0.375 e. The summed E-state index contributed by atoms with van der Waals surface area (Å²) in [4.78, 5) is 11.4. The van der Waals surface area contributed by atoms with Gasteiger partial charge in [-0.15, -0.1) is 0 Å². The molecule has 0 atom stereocenters. The predicted octanol–water partition coefficient (Wildman–Crippen LogP) is 2.89. The van der Waals surface area contributed by atoms with Crippen LogP contribution in [0, 0.1) is 13.8 Å². The normalized spacial score (nSPS) is 10.1. The molecule has 0 aliphatic carbocycles. The fourth-order valence-electron chi connectivity index (χ4n) is 1.64. The lowest BCUT2D eigenvalue weighted by Crippen LogP contribution is -2.30. The third-order valence-electron chi connectivity index (χ3n) is 2.43. The minimum absolute atomic E-state index is 0.0112. The average Bonchev–Trinajstić information content (AvgIpc) is 2.24. The largest absolute Gasteiger partial charge is 0.375 e. The van der Waals surface area contributed by atoms with E-state index in [1.54, 1.807) is 0 Å². The second kappa shape index (κ2) is 6.50. The van der Waals surface area contributed by atoms with Crippen LogP contribution in [0.15, 0.2) is 12.1 Å². The smallest absolute Gasteiger partial charge is 0.239 e. The second-order valence-corrected chi connectivity index (χ2v) is 4.55. The molecule has 1 aromatic rings. The molecule has 0 saturated carbocycles. The molecular weight excluding hydrogens is 236 g/mol. The Labute approximate surface area is 108 Å². The van der Waals surface area contributed by atoms with Crippen LogP contribution in [0.1, 0.15) is 24.5 Å². The number of carbonyl (C=O) groups is 1. The lowest BCUT2D eigenvalue weighted by molar-refractivity contribution is -0.119. The van der Waals surface area contributed by atoms with Crippen molar-refractivity contribution in [1.82, 2.24) is 5.32 Å². The summed E-state index contributed by atoms with van der Waals surface area (Å²) < 4.78 is 0. The fourth-order valence-corrected chi connectivity index (χ4v) is 2.02. The lowest BCUT2D eigenvalue weighted by atomic mass is 10.1. The van der Waals surface area contributed by atoms with Crippen LogP contribution in [0.25, 0.3) is 0 Å². The molecule has 4 heteroatoms. The van der Waals surface area contributed by atoms with Gasteiger partial charge < -0.3 is 10.6 Å². The summed E-state index contributed by atoms with van der Waals surface area (Å²) in [6, 6.07) is 3.93. The maximum absolute atomic E-state index is 11.4. The van der Waals surface area contributed by atoms with Crippen molar-refractivity contribution in [3.8, 4) is 0 Å². The molecule has 0 saturated heterocycles. The SMILES string of the molecule is CCCNC(=O)CNc1c(C)cc(C)cc1Cl. The Morgan fingerprint density at radius 3 is 2.65 bits per heavy atom. The summed E-state index contributed by atoms with van der Waals surface area (Å²) in [5.74, 6) is -0.0112. The predicted molar refractivity (Wildman–Crippen MR) is 72.7 cm³/mol. The Balaban J connectivity index is 2.60. The average molecular weight is 255 g/mol. The summed E-state index contributed by atoms with van der Waals surface area (Å²) in [7, 11) is 0. The first kappa shape index (κ1) is 13.8. The van der Waals surface area contributed by atoms with Crippen LogP contribution < -0.4 is 10.6 Å². The van der Waals surface area contributed by atoms with Gasteiger partial charge in [0.2, 0.25) is 5.91 Å². The van der Waals surface area contributed by atoms with Gasteiger partial charge >= 0.3 is 0 Å².